The second kappa shape index (κ2) is 8.56. The van der Waals surface area contributed by atoms with Crippen LogP contribution in [-0.2, 0) is 24.2 Å². The van der Waals surface area contributed by atoms with Crippen molar-refractivity contribution in [1.82, 2.24) is 15.5 Å². The van der Waals surface area contributed by atoms with E-state index in [2.05, 4.69) is 29.4 Å². The maximum absolute atomic E-state index is 11.8. The van der Waals surface area contributed by atoms with Gasteiger partial charge in [-0.15, -0.1) is 5.10 Å². The van der Waals surface area contributed by atoms with E-state index < -0.39 is 0 Å². The largest absolute Gasteiger partial charge is 0.355 e. The second-order valence-corrected chi connectivity index (χ2v) is 4.81. The van der Waals surface area contributed by atoms with Gasteiger partial charge in [-0.1, -0.05) is 13.8 Å². The summed E-state index contributed by atoms with van der Waals surface area (Å²) in [7, 11) is 0. The van der Waals surface area contributed by atoms with Crippen LogP contribution in [-0.4, -0.2) is 35.7 Å². The summed E-state index contributed by atoms with van der Waals surface area (Å²) in [6.45, 7) is 10.1. The third-order valence-corrected chi connectivity index (χ3v) is 3.53. The van der Waals surface area contributed by atoms with Crippen molar-refractivity contribution in [2.75, 3.05) is 24.5 Å². The highest BCUT2D eigenvalue weighted by molar-refractivity contribution is 5.81. The van der Waals surface area contributed by atoms with E-state index in [0.717, 1.165) is 29.9 Å². The molecule has 0 aliphatic carbocycles. The molecule has 0 saturated heterocycles. The molecule has 118 valence electrons. The van der Waals surface area contributed by atoms with Gasteiger partial charge >= 0.3 is 0 Å². The summed E-state index contributed by atoms with van der Waals surface area (Å²) < 4.78 is 0. The average molecular weight is 293 g/mol. The zero-order valence-corrected chi connectivity index (χ0v) is 13.6. The molecule has 1 rings (SSSR count). The van der Waals surface area contributed by atoms with Crippen LogP contribution in [0, 0.1) is 0 Å². The van der Waals surface area contributed by atoms with Gasteiger partial charge in [0.1, 0.15) is 0 Å². The zero-order valence-electron chi connectivity index (χ0n) is 13.6. The summed E-state index contributed by atoms with van der Waals surface area (Å²) >= 11 is 0. The predicted octanol–water partition coefficient (Wildman–Crippen LogP) is 1.02. The zero-order chi connectivity index (χ0) is 15.8. The van der Waals surface area contributed by atoms with E-state index in [-0.39, 0.29) is 12.5 Å². The van der Waals surface area contributed by atoms with Crippen molar-refractivity contribution in [2.24, 2.45) is 5.73 Å². The Balaban J connectivity index is 3.17. The summed E-state index contributed by atoms with van der Waals surface area (Å²) in [6.07, 6.45) is 1.71. The Morgan fingerprint density at radius 2 is 1.86 bits per heavy atom. The fraction of sp³-hybridized carbons (Fsp3) is 0.667. The molecule has 0 atom stereocenters. The van der Waals surface area contributed by atoms with Crippen LogP contribution >= 0.6 is 0 Å². The van der Waals surface area contributed by atoms with E-state index in [1.165, 1.54) is 5.56 Å². The standard InChI is InChI=1S/C15H27N5O/c1-5-11-12(9-16)15(19-18-13(11)6-2)20(8-4)10-14(21)17-7-3/h5-10,16H2,1-4H3,(H,17,21). The molecule has 6 heteroatoms. The lowest BCUT2D eigenvalue weighted by atomic mass is 10.0. The van der Waals surface area contributed by atoms with E-state index in [4.69, 9.17) is 5.73 Å². The highest BCUT2D eigenvalue weighted by Crippen LogP contribution is 2.23. The van der Waals surface area contributed by atoms with Crippen molar-refractivity contribution in [3.05, 3.63) is 16.8 Å². The Bertz CT molecular complexity index is 475. The van der Waals surface area contributed by atoms with Gasteiger partial charge in [-0.3, -0.25) is 4.79 Å². The molecule has 6 nitrogen and oxygen atoms in total. The predicted molar refractivity (Wildman–Crippen MR) is 85.3 cm³/mol. The first-order chi connectivity index (χ1) is 10.1. The Morgan fingerprint density at radius 1 is 1.14 bits per heavy atom. The fourth-order valence-electron chi connectivity index (χ4n) is 2.47. The summed E-state index contributed by atoms with van der Waals surface area (Å²) in [5, 5.41) is 11.5. The summed E-state index contributed by atoms with van der Waals surface area (Å²) in [4.78, 5) is 13.8. The molecule has 3 N–H and O–H groups in total. The normalized spacial score (nSPS) is 10.5. The number of hydrogen-bond acceptors (Lipinski definition) is 5. The number of amides is 1. The Morgan fingerprint density at radius 3 is 2.33 bits per heavy atom. The van der Waals surface area contributed by atoms with Crippen molar-refractivity contribution in [1.29, 1.82) is 0 Å². The number of carbonyl (C=O) groups is 1. The van der Waals surface area contributed by atoms with Crippen molar-refractivity contribution >= 4 is 11.7 Å². The number of aromatic nitrogens is 2. The number of nitrogens with zero attached hydrogens (tertiary/aromatic N) is 3. The number of likely N-dealkylation sites (N-methyl/N-ethyl adjacent to an activating group) is 2. The van der Waals surface area contributed by atoms with Crippen LogP contribution in [0.2, 0.25) is 0 Å². The third-order valence-electron chi connectivity index (χ3n) is 3.53. The number of anilines is 1. The SMILES string of the molecule is CCNC(=O)CN(CC)c1nnc(CC)c(CC)c1CN. The lowest BCUT2D eigenvalue weighted by Crippen LogP contribution is -2.38. The molecule has 1 aromatic rings. The molecule has 21 heavy (non-hydrogen) atoms. The highest BCUT2D eigenvalue weighted by Gasteiger charge is 2.19. The second-order valence-electron chi connectivity index (χ2n) is 4.81. The van der Waals surface area contributed by atoms with Gasteiger partial charge in [0.05, 0.1) is 12.2 Å². The quantitative estimate of drug-likeness (QED) is 0.747. The smallest absolute Gasteiger partial charge is 0.239 e. The van der Waals surface area contributed by atoms with E-state index in [1.807, 2.05) is 18.7 Å². The van der Waals surface area contributed by atoms with E-state index in [1.54, 1.807) is 0 Å². The Hall–Kier alpha value is -1.69. The first kappa shape index (κ1) is 17.4. The van der Waals surface area contributed by atoms with Gasteiger partial charge in [-0.05, 0) is 32.3 Å². The van der Waals surface area contributed by atoms with Crippen LogP contribution in [0.4, 0.5) is 5.82 Å². The number of nitrogens with two attached hydrogens (primary N) is 1. The molecule has 0 aromatic carbocycles. The summed E-state index contributed by atoms with van der Waals surface area (Å²) in [6, 6.07) is 0. The topological polar surface area (TPSA) is 84.1 Å². The maximum Gasteiger partial charge on any atom is 0.239 e. The van der Waals surface area contributed by atoms with Crippen molar-refractivity contribution in [3.8, 4) is 0 Å². The summed E-state index contributed by atoms with van der Waals surface area (Å²) in [5.74, 6) is 0.724. The van der Waals surface area contributed by atoms with Gasteiger partial charge in [0.2, 0.25) is 5.91 Å². The van der Waals surface area contributed by atoms with Crippen LogP contribution in [0.3, 0.4) is 0 Å². The molecule has 0 fully saturated rings. The minimum atomic E-state index is -0.0123. The molecule has 0 spiro atoms. The highest BCUT2D eigenvalue weighted by atomic mass is 16.2. The average Bonchev–Trinajstić information content (AvgIpc) is 2.51. The molecular formula is C15H27N5O. The monoisotopic (exact) mass is 293 g/mol. The third kappa shape index (κ3) is 4.14. The molecule has 0 unspecified atom stereocenters. The molecule has 0 bridgehead atoms. The fourth-order valence-corrected chi connectivity index (χ4v) is 2.47. The lowest BCUT2D eigenvalue weighted by Gasteiger charge is -2.25. The first-order valence-corrected chi connectivity index (χ1v) is 7.71. The minimum absolute atomic E-state index is 0.0123. The number of nitrogens with one attached hydrogen (secondary N) is 1. The van der Waals surface area contributed by atoms with Crippen LogP contribution in [0.1, 0.15) is 44.5 Å². The minimum Gasteiger partial charge on any atom is -0.355 e. The van der Waals surface area contributed by atoms with Gasteiger partial charge < -0.3 is 16.0 Å². The van der Waals surface area contributed by atoms with Crippen molar-refractivity contribution < 1.29 is 4.79 Å². The number of hydrogen-bond donors (Lipinski definition) is 2. The number of carbonyl (C=O) groups excluding carboxylic acids is 1. The number of aryl methyl sites for hydroxylation is 1. The van der Waals surface area contributed by atoms with E-state index in [9.17, 15) is 4.79 Å². The van der Waals surface area contributed by atoms with Crippen LogP contribution in [0.5, 0.6) is 0 Å². The number of rotatable bonds is 8. The van der Waals surface area contributed by atoms with Gasteiger partial charge in [-0.25, -0.2) is 0 Å². The van der Waals surface area contributed by atoms with E-state index in [0.29, 0.717) is 19.6 Å². The lowest BCUT2D eigenvalue weighted by molar-refractivity contribution is -0.119. The maximum atomic E-state index is 11.8. The van der Waals surface area contributed by atoms with Crippen LogP contribution in [0.25, 0.3) is 0 Å². The Kier molecular flexibility index (Phi) is 7.08. The molecule has 0 aliphatic heterocycles. The van der Waals surface area contributed by atoms with Crippen LogP contribution in [0.15, 0.2) is 0 Å². The van der Waals surface area contributed by atoms with Gasteiger partial charge in [0.25, 0.3) is 0 Å². The Labute approximate surface area is 127 Å². The van der Waals surface area contributed by atoms with Gasteiger partial charge in [0, 0.05) is 25.2 Å². The van der Waals surface area contributed by atoms with Crippen molar-refractivity contribution in [3.63, 3.8) is 0 Å². The van der Waals surface area contributed by atoms with Crippen LogP contribution < -0.4 is 16.0 Å². The molecule has 0 saturated carbocycles. The molecule has 0 radical (unpaired) electrons. The molecule has 1 aromatic heterocycles. The molecule has 1 heterocycles. The van der Waals surface area contributed by atoms with Crippen molar-refractivity contribution in [2.45, 2.75) is 47.1 Å². The van der Waals surface area contributed by atoms with E-state index >= 15 is 0 Å². The molecular weight excluding hydrogens is 266 g/mol. The first-order valence-electron chi connectivity index (χ1n) is 7.71. The molecule has 1 amide bonds. The summed E-state index contributed by atoms with van der Waals surface area (Å²) in [5.41, 5.74) is 9.11. The molecule has 0 aliphatic rings. The van der Waals surface area contributed by atoms with Gasteiger partial charge in [-0.2, -0.15) is 5.10 Å². The van der Waals surface area contributed by atoms with Gasteiger partial charge in [0.15, 0.2) is 5.82 Å².